The van der Waals surface area contributed by atoms with Gasteiger partial charge in [0.1, 0.15) is 0 Å². The van der Waals surface area contributed by atoms with Crippen LogP contribution in [0.1, 0.15) is 12.0 Å². The third-order valence-electron chi connectivity index (χ3n) is 5.24. The highest BCUT2D eigenvalue weighted by molar-refractivity contribution is 5.79. The number of amides is 1. The van der Waals surface area contributed by atoms with Crippen molar-refractivity contribution in [3.8, 4) is 22.8 Å². The molecule has 152 valence electrons. The van der Waals surface area contributed by atoms with Gasteiger partial charge < -0.3 is 19.7 Å². The Hall–Kier alpha value is -3.68. The fourth-order valence-corrected chi connectivity index (χ4v) is 3.75. The lowest BCUT2D eigenvalue weighted by atomic mass is 10.1. The Balaban J connectivity index is 1.19. The van der Waals surface area contributed by atoms with E-state index in [4.69, 9.17) is 9.47 Å². The second-order valence-electron chi connectivity index (χ2n) is 7.35. The van der Waals surface area contributed by atoms with Crippen molar-refractivity contribution in [2.45, 2.75) is 18.9 Å². The quantitative estimate of drug-likeness (QED) is 0.699. The number of ether oxygens (including phenoxy) is 2. The van der Waals surface area contributed by atoms with Crippen molar-refractivity contribution in [2.75, 3.05) is 24.8 Å². The van der Waals surface area contributed by atoms with Crippen LogP contribution in [0.4, 0.5) is 5.95 Å². The molecule has 3 aromatic rings. The van der Waals surface area contributed by atoms with Gasteiger partial charge in [-0.3, -0.25) is 9.78 Å². The maximum atomic E-state index is 12.5. The highest BCUT2D eigenvalue weighted by Crippen LogP contribution is 2.32. The molecule has 0 aliphatic carbocycles. The van der Waals surface area contributed by atoms with Gasteiger partial charge in [0.2, 0.25) is 18.6 Å². The fraction of sp³-hybridized carbons (Fsp3) is 0.273. The first-order valence-electron chi connectivity index (χ1n) is 9.91. The number of carbonyl (C=O) groups excluding carboxylic acids is 1. The molecule has 2 aromatic heterocycles. The first-order valence-corrected chi connectivity index (χ1v) is 9.91. The maximum absolute atomic E-state index is 12.5. The number of nitrogens with zero attached hydrogens (tertiary/aromatic N) is 4. The van der Waals surface area contributed by atoms with Crippen LogP contribution in [0, 0.1) is 0 Å². The summed E-state index contributed by atoms with van der Waals surface area (Å²) in [5, 5.41) is 3.12. The number of benzene rings is 1. The number of anilines is 1. The maximum Gasteiger partial charge on any atom is 0.231 e. The first-order chi connectivity index (χ1) is 14.7. The van der Waals surface area contributed by atoms with E-state index in [-0.39, 0.29) is 18.7 Å². The zero-order chi connectivity index (χ0) is 20.3. The molecule has 0 radical (unpaired) electrons. The second kappa shape index (κ2) is 7.98. The number of hydrogen-bond donors (Lipinski definition) is 1. The molecular weight excluding hydrogens is 382 g/mol. The molecule has 8 heteroatoms. The van der Waals surface area contributed by atoms with Crippen LogP contribution in [0.3, 0.4) is 0 Å². The highest BCUT2D eigenvalue weighted by Gasteiger charge is 2.26. The van der Waals surface area contributed by atoms with E-state index in [1.165, 1.54) is 0 Å². The minimum absolute atomic E-state index is 0.00857. The summed E-state index contributed by atoms with van der Waals surface area (Å²) in [5.41, 5.74) is 2.69. The van der Waals surface area contributed by atoms with E-state index in [0.717, 1.165) is 35.5 Å². The van der Waals surface area contributed by atoms with Gasteiger partial charge in [0.05, 0.1) is 12.1 Å². The Morgan fingerprint density at radius 3 is 3.00 bits per heavy atom. The summed E-state index contributed by atoms with van der Waals surface area (Å²) >= 11 is 0. The van der Waals surface area contributed by atoms with Crippen LogP contribution in [0.2, 0.25) is 0 Å². The number of fused-ring (bicyclic) bond motifs is 1. The molecule has 1 amide bonds. The minimum atomic E-state index is -0.00857. The van der Waals surface area contributed by atoms with Crippen LogP contribution < -0.4 is 19.7 Å². The monoisotopic (exact) mass is 403 g/mol. The number of nitrogens with one attached hydrogen (secondary N) is 1. The van der Waals surface area contributed by atoms with Crippen molar-refractivity contribution in [2.24, 2.45) is 0 Å². The van der Waals surface area contributed by atoms with Crippen molar-refractivity contribution in [1.82, 2.24) is 20.3 Å². The van der Waals surface area contributed by atoms with Gasteiger partial charge in [0.25, 0.3) is 0 Å². The summed E-state index contributed by atoms with van der Waals surface area (Å²) in [6.07, 6.45) is 6.45. The molecule has 8 nitrogen and oxygen atoms in total. The molecule has 5 rings (SSSR count). The Bertz CT molecular complexity index is 1060. The van der Waals surface area contributed by atoms with E-state index in [1.807, 2.05) is 36.4 Å². The average molecular weight is 403 g/mol. The zero-order valence-corrected chi connectivity index (χ0v) is 16.3. The molecule has 0 spiro atoms. The van der Waals surface area contributed by atoms with Crippen molar-refractivity contribution in [1.29, 1.82) is 0 Å². The molecule has 1 N–H and O–H groups in total. The Morgan fingerprint density at radius 2 is 2.10 bits per heavy atom. The van der Waals surface area contributed by atoms with Gasteiger partial charge in [0, 0.05) is 43.3 Å². The second-order valence-corrected chi connectivity index (χ2v) is 7.35. The predicted octanol–water partition coefficient (Wildman–Crippen LogP) is 2.20. The average Bonchev–Trinajstić information content (AvgIpc) is 3.43. The van der Waals surface area contributed by atoms with Crippen molar-refractivity contribution in [3.05, 3.63) is 60.6 Å². The summed E-state index contributed by atoms with van der Waals surface area (Å²) in [7, 11) is 0. The number of carbonyl (C=O) groups is 1. The fourth-order valence-electron chi connectivity index (χ4n) is 3.75. The number of rotatable bonds is 5. The molecule has 30 heavy (non-hydrogen) atoms. The number of pyridine rings is 1. The smallest absolute Gasteiger partial charge is 0.231 e. The van der Waals surface area contributed by atoms with Crippen molar-refractivity contribution < 1.29 is 14.3 Å². The van der Waals surface area contributed by atoms with E-state index in [2.05, 4.69) is 25.2 Å². The lowest BCUT2D eigenvalue weighted by Gasteiger charge is -2.17. The van der Waals surface area contributed by atoms with E-state index in [1.54, 1.807) is 18.6 Å². The van der Waals surface area contributed by atoms with Crippen LogP contribution in [-0.2, 0) is 11.2 Å². The van der Waals surface area contributed by atoms with Gasteiger partial charge in [-0.1, -0.05) is 6.07 Å². The Labute approximate surface area is 173 Å². The molecule has 2 aliphatic rings. The number of hydrogen-bond acceptors (Lipinski definition) is 7. The largest absolute Gasteiger partial charge is 0.454 e. The van der Waals surface area contributed by atoms with E-state index in [0.29, 0.717) is 24.7 Å². The van der Waals surface area contributed by atoms with Crippen LogP contribution >= 0.6 is 0 Å². The highest BCUT2D eigenvalue weighted by atomic mass is 16.7. The first kappa shape index (κ1) is 18.4. The summed E-state index contributed by atoms with van der Waals surface area (Å²) in [5.74, 6) is 2.08. The topological polar surface area (TPSA) is 89.5 Å². The van der Waals surface area contributed by atoms with Crippen LogP contribution in [-0.4, -0.2) is 46.8 Å². The predicted molar refractivity (Wildman–Crippen MR) is 110 cm³/mol. The SMILES string of the molecule is O=C(Cc1ccc2c(c1)OCO2)NC1CCN(c2nccc(-c3cccnc3)n2)C1. The van der Waals surface area contributed by atoms with E-state index < -0.39 is 0 Å². The van der Waals surface area contributed by atoms with Gasteiger partial charge in [-0.05, 0) is 42.3 Å². The Kier molecular flexibility index (Phi) is 4.88. The molecule has 0 saturated carbocycles. The van der Waals surface area contributed by atoms with Crippen molar-refractivity contribution >= 4 is 11.9 Å². The normalized spacial score (nSPS) is 17.2. The third-order valence-corrected chi connectivity index (χ3v) is 5.24. The van der Waals surface area contributed by atoms with Gasteiger partial charge in [0.15, 0.2) is 11.5 Å². The van der Waals surface area contributed by atoms with Crippen LogP contribution in [0.5, 0.6) is 11.5 Å². The minimum Gasteiger partial charge on any atom is -0.454 e. The van der Waals surface area contributed by atoms with E-state index in [9.17, 15) is 4.79 Å². The van der Waals surface area contributed by atoms with Crippen LogP contribution in [0.25, 0.3) is 11.3 Å². The van der Waals surface area contributed by atoms with E-state index >= 15 is 0 Å². The molecule has 1 fully saturated rings. The van der Waals surface area contributed by atoms with Crippen molar-refractivity contribution in [3.63, 3.8) is 0 Å². The molecule has 1 saturated heterocycles. The zero-order valence-electron chi connectivity index (χ0n) is 16.3. The lowest BCUT2D eigenvalue weighted by molar-refractivity contribution is -0.121. The summed E-state index contributed by atoms with van der Waals surface area (Å²) in [6.45, 7) is 1.71. The van der Waals surface area contributed by atoms with Gasteiger partial charge in [-0.15, -0.1) is 0 Å². The standard InChI is InChI=1S/C22H21N5O3/c28-21(11-15-3-4-19-20(10-15)30-14-29-19)25-17-6-9-27(13-17)22-24-8-5-18(26-22)16-2-1-7-23-12-16/h1-5,7-8,10,12,17H,6,9,11,13-14H2,(H,25,28). The van der Waals surface area contributed by atoms with Crippen LogP contribution in [0.15, 0.2) is 55.0 Å². The molecule has 0 bridgehead atoms. The van der Waals surface area contributed by atoms with Gasteiger partial charge in [-0.25, -0.2) is 9.97 Å². The summed E-state index contributed by atoms with van der Waals surface area (Å²) in [6, 6.07) is 11.4. The molecule has 1 unspecified atom stereocenters. The van der Waals surface area contributed by atoms with Gasteiger partial charge >= 0.3 is 0 Å². The number of aromatic nitrogens is 3. The van der Waals surface area contributed by atoms with Gasteiger partial charge in [-0.2, -0.15) is 0 Å². The third kappa shape index (κ3) is 3.89. The molecule has 1 atom stereocenters. The Morgan fingerprint density at radius 1 is 1.17 bits per heavy atom. The molecule has 2 aliphatic heterocycles. The molecular formula is C22H21N5O3. The molecule has 1 aromatic carbocycles. The summed E-state index contributed by atoms with van der Waals surface area (Å²) in [4.78, 5) is 27.9. The lowest BCUT2D eigenvalue weighted by Crippen LogP contribution is -2.38. The molecule has 4 heterocycles. The summed E-state index contributed by atoms with van der Waals surface area (Å²) < 4.78 is 10.7.